The maximum Gasteiger partial charge on any atom is 0.0377 e. The van der Waals surface area contributed by atoms with Crippen LogP contribution >= 0.6 is 15.9 Å². The van der Waals surface area contributed by atoms with E-state index in [2.05, 4.69) is 46.0 Å². The number of hydrogen-bond acceptors (Lipinski definition) is 2. The highest BCUT2D eigenvalue weighted by Crippen LogP contribution is 2.33. The van der Waals surface area contributed by atoms with Crippen molar-refractivity contribution in [2.45, 2.75) is 32.7 Å². The minimum absolute atomic E-state index is 0.0805. The fourth-order valence-corrected chi connectivity index (χ4v) is 2.84. The zero-order chi connectivity index (χ0) is 12.4. The molecule has 0 radical (unpaired) electrons. The van der Waals surface area contributed by atoms with Crippen molar-refractivity contribution in [1.29, 1.82) is 0 Å². The first kappa shape index (κ1) is 12.9. The molecule has 94 valence electrons. The van der Waals surface area contributed by atoms with Gasteiger partial charge in [-0.1, -0.05) is 22.0 Å². The Balaban J connectivity index is 2.16. The molecule has 0 aliphatic heterocycles. The fraction of sp³-hybridized carbons (Fsp3) is 0.571. The van der Waals surface area contributed by atoms with E-state index in [-0.39, 0.29) is 6.04 Å². The Bertz CT molecular complexity index is 386. The lowest BCUT2D eigenvalue weighted by Gasteiger charge is -2.24. The molecular formula is C14H21BrN2. The van der Waals surface area contributed by atoms with Crippen LogP contribution in [0.2, 0.25) is 0 Å². The monoisotopic (exact) mass is 296 g/mol. The van der Waals surface area contributed by atoms with E-state index in [4.69, 9.17) is 5.73 Å². The summed E-state index contributed by atoms with van der Waals surface area (Å²) in [6.45, 7) is 6.50. The lowest BCUT2D eigenvalue weighted by atomic mass is 10.1. The zero-order valence-corrected chi connectivity index (χ0v) is 12.2. The highest BCUT2D eigenvalue weighted by molar-refractivity contribution is 9.10. The smallest absolute Gasteiger partial charge is 0.0377 e. The van der Waals surface area contributed by atoms with Gasteiger partial charge in [0.2, 0.25) is 0 Å². The van der Waals surface area contributed by atoms with Crippen LogP contribution in [0, 0.1) is 5.92 Å². The van der Waals surface area contributed by atoms with E-state index in [1.807, 2.05) is 6.92 Å². The second-order valence-electron chi connectivity index (χ2n) is 4.98. The minimum atomic E-state index is 0.0805. The van der Waals surface area contributed by atoms with Crippen molar-refractivity contribution in [2.24, 2.45) is 11.7 Å². The molecule has 0 unspecified atom stereocenters. The van der Waals surface area contributed by atoms with Crippen molar-refractivity contribution in [2.75, 3.05) is 18.0 Å². The largest absolute Gasteiger partial charge is 0.372 e. The predicted molar refractivity (Wildman–Crippen MR) is 77.4 cm³/mol. The Morgan fingerprint density at radius 2 is 2.18 bits per heavy atom. The molecule has 3 heteroatoms. The van der Waals surface area contributed by atoms with Gasteiger partial charge in [0.25, 0.3) is 0 Å². The Labute approximate surface area is 112 Å². The van der Waals surface area contributed by atoms with Crippen LogP contribution in [0.25, 0.3) is 0 Å². The average molecular weight is 297 g/mol. The lowest BCUT2D eigenvalue weighted by molar-refractivity contribution is 0.740. The molecule has 17 heavy (non-hydrogen) atoms. The number of nitrogens with two attached hydrogens (primary N) is 1. The van der Waals surface area contributed by atoms with Gasteiger partial charge in [-0.05, 0) is 50.3 Å². The molecule has 1 aliphatic carbocycles. The van der Waals surface area contributed by atoms with Crippen LogP contribution in [0.1, 0.15) is 38.3 Å². The van der Waals surface area contributed by atoms with E-state index < -0.39 is 0 Å². The maximum absolute atomic E-state index is 5.92. The summed E-state index contributed by atoms with van der Waals surface area (Å²) < 4.78 is 1.12. The zero-order valence-electron chi connectivity index (χ0n) is 10.6. The van der Waals surface area contributed by atoms with E-state index in [1.165, 1.54) is 30.6 Å². The van der Waals surface area contributed by atoms with Gasteiger partial charge in [0.15, 0.2) is 0 Å². The van der Waals surface area contributed by atoms with Gasteiger partial charge in [-0.25, -0.2) is 0 Å². The molecule has 1 aromatic carbocycles. The molecule has 1 atom stereocenters. The van der Waals surface area contributed by atoms with Gasteiger partial charge in [0.1, 0.15) is 0 Å². The fourth-order valence-electron chi connectivity index (χ4n) is 2.11. The lowest BCUT2D eigenvalue weighted by Crippen LogP contribution is -2.25. The van der Waals surface area contributed by atoms with Crippen molar-refractivity contribution < 1.29 is 0 Å². The molecule has 0 aromatic heterocycles. The standard InChI is InChI=1S/C14H21BrN2/c1-3-17(9-11-4-5-11)12-6-7-13(10(2)16)14(15)8-12/h6-8,10-11H,3-5,9,16H2,1-2H3/t10-/m0/s1. The second kappa shape index (κ2) is 5.40. The second-order valence-corrected chi connectivity index (χ2v) is 5.83. The SMILES string of the molecule is CCN(CC1CC1)c1ccc([C@H](C)N)c(Br)c1. The first-order valence-electron chi connectivity index (χ1n) is 6.41. The van der Waals surface area contributed by atoms with E-state index in [9.17, 15) is 0 Å². The molecule has 0 bridgehead atoms. The predicted octanol–water partition coefficient (Wildman–Crippen LogP) is 3.71. The summed E-state index contributed by atoms with van der Waals surface area (Å²) in [6.07, 6.45) is 2.80. The number of benzene rings is 1. The summed E-state index contributed by atoms with van der Waals surface area (Å²) in [4.78, 5) is 2.45. The third-order valence-corrected chi connectivity index (χ3v) is 4.08. The summed E-state index contributed by atoms with van der Waals surface area (Å²) in [5.41, 5.74) is 8.40. The van der Waals surface area contributed by atoms with Crippen molar-refractivity contribution in [3.8, 4) is 0 Å². The minimum Gasteiger partial charge on any atom is -0.372 e. The number of halogens is 1. The van der Waals surface area contributed by atoms with Gasteiger partial charge in [-0.3, -0.25) is 0 Å². The van der Waals surface area contributed by atoms with Crippen LogP contribution in [0.15, 0.2) is 22.7 Å². The van der Waals surface area contributed by atoms with Crippen molar-refractivity contribution in [1.82, 2.24) is 0 Å². The number of anilines is 1. The van der Waals surface area contributed by atoms with Gasteiger partial charge < -0.3 is 10.6 Å². The van der Waals surface area contributed by atoms with Gasteiger partial charge in [-0.2, -0.15) is 0 Å². The first-order chi connectivity index (χ1) is 8.11. The van der Waals surface area contributed by atoms with E-state index in [0.29, 0.717) is 0 Å². The molecule has 1 aromatic rings. The summed E-state index contributed by atoms with van der Waals surface area (Å²) in [5.74, 6) is 0.918. The Morgan fingerprint density at radius 3 is 2.65 bits per heavy atom. The number of hydrogen-bond donors (Lipinski definition) is 1. The van der Waals surface area contributed by atoms with Crippen molar-refractivity contribution >= 4 is 21.6 Å². The summed E-state index contributed by atoms with van der Waals surface area (Å²) in [6, 6.07) is 6.61. The number of nitrogens with zero attached hydrogens (tertiary/aromatic N) is 1. The van der Waals surface area contributed by atoms with Gasteiger partial charge in [-0.15, -0.1) is 0 Å². The molecule has 2 nitrogen and oxygen atoms in total. The summed E-state index contributed by atoms with van der Waals surface area (Å²) in [5, 5.41) is 0. The number of rotatable bonds is 5. The van der Waals surface area contributed by atoms with Crippen molar-refractivity contribution in [3.63, 3.8) is 0 Å². The molecule has 1 saturated carbocycles. The van der Waals surface area contributed by atoms with Gasteiger partial charge >= 0.3 is 0 Å². The highest BCUT2D eigenvalue weighted by atomic mass is 79.9. The topological polar surface area (TPSA) is 29.3 Å². The molecule has 2 N–H and O–H groups in total. The molecule has 1 fully saturated rings. The molecule has 0 spiro atoms. The van der Waals surface area contributed by atoms with E-state index in [1.54, 1.807) is 0 Å². The Hall–Kier alpha value is -0.540. The maximum atomic E-state index is 5.92. The highest BCUT2D eigenvalue weighted by Gasteiger charge is 2.24. The van der Waals surface area contributed by atoms with Crippen LogP contribution in [0.4, 0.5) is 5.69 Å². The van der Waals surface area contributed by atoms with Crippen LogP contribution in [0.5, 0.6) is 0 Å². The Kier molecular flexibility index (Phi) is 4.10. The molecule has 0 amide bonds. The van der Waals surface area contributed by atoms with Gasteiger partial charge in [0, 0.05) is 29.3 Å². The summed E-state index contributed by atoms with van der Waals surface area (Å²) in [7, 11) is 0. The summed E-state index contributed by atoms with van der Waals surface area (Å²) >= 11 is 3.62. The molecule has 2 rings (SSSR count). The van der Waals surface area contributed by atoms with Crippen LogP contribution in [-0.4, -0.2) is 13.1 Å². The molecular weight excluding hydrogens is 276 g/mol. The molecule has 0 heterocycles. The Morgan fingerprint density at radius 1 is 1.47 bits per heavy atom. The van der Waals surface area contributed by atoms with Crippen molar-refractivity contribution in [3.05, 3.63) is 28.2 Å². The van der Waals surface area contributed by atoms with Crippen LogP contribution in [0.3, 0.4) is 0 Å². The quantitative estimate of drug-likeness (QED) is 0.898. The normalized spacial score (nSPS) is 16.9. The third-order valence-electron chi connectivity index (χ3n) is 3.40. The average Bonchev–Trinajstić information content (AvgIpc) is 3.09. The van der Waals surface area contributed by atoms with Crippen LogP contribution < -0.4 is 10.6 Å². The van der Waals surface area contributed by atoms with Gasteiger partial charge in [0.05, 0.1) is 0 Å². The van der Waals surface area contributed by atoms with Crippen LogP contribution in [-0.2, 0) is 0 Å². The first-order valence-corrected chi connectivity index (χ1v) is 7.21. The van der Waals surface area contributed by atoms with E-state index in [0.717, 1.165) is 16.9 Å². The third kappa shape index (κ3) is 3.23. The molecule has 1 aliphatic rings. The van der Waals surface area contributed by atoms with E-state index >= 15 is 0 Å². The molecule has 0 saturated heterocycles.